The zero-order chi connectivity index (χ0) is 27.5. The lowest BCUT2D eigenvalue weighted by Crippen LogP contribution is -2.48. The van der Waals surface area contributed by atoms with Crippen molar-refractivity contribution in [3.8, 4) is 17.0 Å². The molecule has 3 aromatic rings. The third kappa shape index (κ3) is 6.36. The molecule has 2 aliphatic carbocycles. The van der Waals surface area contributed by atoms with Crippen LogP contribution in [0.2, 0.25) is 5.02 Å². The van der Waals surface area contributed by atoms with Crippen molar-refractivity contribution in [1.29, 1.82) is 0 Å². The number of aliphatic hydroxyl groups excluding tert-OH is 1. The topological polar surface area (TPSA) is 97.0 Å². The minimum Gasteiger partial charge on any atom is -0.489 e. The summed E-state index contributed by atoms with van der Waals surface area (Å²) in [6.07, 6.45) is 4.54. The first kappa shape index (κ1) is 27.3. The van der Waals surface area contributed by atoms with Crippen molar-refractivity contribution in [2.24, 2.45) is 5.92 Å². The fourth-order valence-electron chi connectivity index (χ4n) is 6.14. The summed E-state index contributed by atoms with van der Waals surface area (Å²) >= 11 is 6.00. The second-order valence-electron chi connectivity index (χ2n) is 11.2. The Bertz CT molecular complexity index is 1310. The van der Waals surface area contributed by atoms with E-state index < -0.39 is 0 Å². The molecule has 2 atom stereocenters. The highest BCUT2D eigenvalue weighted by Crippen LogP contribution is 2.38. The van der Waals surface area contributed by atoms with Crippen LogP contribution in [0.1, 0.15) is 36.0 Å². The molecule has 1 saturated carbocycles. The lowest BCUT2D eigenvalue weighted by molar-refractivity contribution is 0.0726. The zero-order valence-corrected chi connectivity index (χ0v) is 23.7. The van der Waals surface area contributed by atoms with Gasteiger partial charge in [0.25, 0.3) is 0 Å². The lowest BCUT2D eigenvalue weighted by atomic mass is 9.88. The van der Waals surface area contributed by atoms with Gasteiger partial charge in [0.1, 0.15) is 18.2 Å². The van der Waals surface area contributed by atoms with E-state index >= 15 is 0 Å². The summed E-state index contributed by atoms with van der Waals surface area (Å²) in [7, 11) is 0. The van der Waals surface area contributed by atoms with Gasteiger partial charge >= 0.3 is 0 Å². The molecule has 3 N–H and O–H groups in total. The quantitative estimate of drug-likeness (QED) is 0.371. The Kier molecular flexibility index (Phi) is 8.39. The van der Waals surface area contributed by atoms with Crippen molar-refractivity contribution in [2.45, 2.75) is 44.8 Å². The molecule has 6 rings (SSSR count). The van der Waals surface area contributed by atoms with Crippen LogP contribution >= 0.6 is 11.6 Å². The molecule has 2 heterocycles. The van der Waals surface area contributed by atoms with Crippen LogP contribution in [-0.4, -0.2) is 72.0 Å². The predicted molar refractivity (Wildman–Crippen MR) is 158 cm³/mol. The van der Waals surface area contributed by atoms with Crippen LogP contribution in [0.3, 0.4) is 0 Å². The second-order valence-corrected chi connectivity index (χ2v) is 11.6. The van der Waals surface area contributed by atoms with Crippen LogP contribution in [0.15, 0.2) is 42.5 Å². The van der Waals surface area contributed by atoms with E-state index in [1.807, 2.05) is 30.3 Å². The normalized spacial score (nSPS) is 20.8. The van der Waals surface area contributed by atoms with Crippen LogP contribution in [0, 0.1) is 5.92 Å². The van der Waals surface area contributed by atoms with Gasteiger partial charge in [-0.1, -0.05) is 23.7 Å². The summed E-state index contributed by atoms with van der Waals surface area (Å²) < 4.78 is 12.0. The summed E-state index contributed by atoms with van der Waals surface area (Å²) in [5.74, 6) is 2.66. The van der Waals surface area contributed by atoms with E-state index in [1.54, 1.807) is 0 Å². The number of hydrogen-bond acceptors (Lipinski definition) is 8. The van der Waals surface area contributed by atoms with Gasteiger partial charge in [0.2, 0.25) is 5.95 Å². The average Bonchev–Trinajstić information content (AvgIpc) is 3.39. The Morgan fingerprint density at radius 2 is 1.82 bits per heavy atom. The van der Waals surface area contributed by atoms with E-state index in [4.69, 9.17) is 31.8 Å². The van der Waals surface area contributed by atoms with Crippen molar-refractivity contribution >= 4 is 23.4 Å². The molecule has 3 aliphatic rings. The van der Waals surface area contributed by atoms with Gasteiger partial charge in [0, 0.05) is 55.5 Å². The number of fused-ring (bicyclic) bond motifs is 3. The van der Waals surface area contributed by atoms with Crippen molar-refractivity contribution in [1.82, 2.24) is 14.9 Å². The SMILES string of the molecule is Nc1nc2c(c(N3CCN(CCOCC4CCC(O)C4)CC3)n1)CCc1cc(OCc3ccc(Cl)cc3)ccc1-2. The number of nitrogens with two attached hydrogens (primary N) is 1. The predicted octanol–water partition coefficient (Wildman–Crippen LogP) is 4.36. The molecule has 212 valence electrons. The monoisotopic (exact) mass is 563 g/mol. The standard InChI is InChI=1S/C31H38ClN5O3/c32-24-5-1-21(2-6-24)20-40-26-8-10-27-23(18-26)4-9-28-29(27)34-31(33)35-30(28)37-13-11-36(12-14-37)15-16-39-19-22-3-7-25(38)17-22/h1-2,5-6,8,10,18,22,25,38H,3-4,7,9,11-17,19-20H2,(H2,33,34,35). The molecule has 0 spiro atoms. The molecule has 40 heavy (non-hydrogen) atoms. The molecule has 1 aromatic heterocycles. The maximum atomic E-state index is 9.70. The summed E-state index contributed by atoms with van der Waals surface area (Å²) in [6.45, 7) is 6.68. The zero-order valence-electron chi connectivity index (χ0n) is 22.9. The molecule has 1 aliphatic heterocycles. The van der Waals surface area contributed by atoms with Crippen molar-refractivity contribution in [3.63, 3.8) is 0 Å². The number of hydrogen-bond donors (Lipinski definition) is 2. The number of aromatic nitrogens is 2. The van der Waals surface area contributed by atoms with Crippen molar-refractivity contribution < 1.29 is 14.6 Å². The summed E-state index contributed by atoms with van der Waals surface area (Å²) in [4.78, 5) is 14.2. The van der Waals surface area contributed by atoms with E-state index in [0.717, 1.165) is 111 Å². The Balaban J connectivity index is 1.06. The van der Waals surface area contributed by atoms with Gasteiger partial charge in [-0.2, -0.15) is 4.98 Å². The van der Waals surface area contributed by atoms with Gasteiger partial charge in [-0.25, -0.2) is 4.98 Å². The maximum Gasteiger partial charge on any atom is 0.222 e. The number of benzene rings is 2. The number of piperazine rings is 1. The molecular weight excluding hydrogens is 526 g/mol. The van der Waals surface area contributed by atoms with Gasteiger partial charge in [0.15, 0.2) is 0 Å². The summed E-state index contributed by atoms with van der Waals surface area (Å²) in [5, 5.41) is 10.4. The number of rotatable bonds is 9. The Hall–Kier alpha value is -2.91. The second kappa shape index (κ2) is 12.3. The minimum atomic E-state index is -0.131. The number of ether oxygens (including phenoxy) is 2. The Morgan fingerprint density at radius 1 is 1.00 bits per heavy atom. The van der Waals surface area contributed by atoms with Crippen LogP contribution in [0.25, 0.3) is 11.3 Å². The first-order chi connectivity index (χ1) is 19.5. The van der Waals surface area contributed by atoms with E-state index in [2.05, 4.69) is 26.9 Å². The largest absolute Gasteiger partial charge is 0.489 e. The van der Waals surface area contributed by atoms with E-state index in [9.17, 15) is 5.11 Å². The molecule has 1 saturated heterocycles. The molecule has 9 heteroatoms. The van der Waals surface area contributed by atoms with Gasteiger partial charge in [-0.3, -0.25) is 4.90 Å². The third-order valence-corrected chi connectivity index (χ3v) is 8.64. The fourth-order valence-corrected chi connectivity index (χ4v) is 6.26. The van der Waals surface area contributed by atoms with Crippen molar-refractivity contribution in [3.05, 3.63) is 64.2 Å². The number of nitrogens with zero attached hydrogens (tertiary/aromatic N) is 4. The number of aryl methyl sites for hydroxylation is 1. The minimum absolute atomic E-state index is 0.131. The number of anilines is 2. The molecule has 0 radical (unpaired) electrons. The van der Waals surface area contributed by atoms with E-state index in [1.165, 1.54) is 11.1 Å². The van der Waals surface area contributed by atoms with E-state index in [-0.39, 0.29) is 6.10 Å². The van der Waals surface area contributed by atoms with E-state index in [0.29, 0.717) is 18.5 Å². The number of halogens is 1. The van der Waals surface area contributed by atoms with Crippen LogP contribution in [0.5, 0.6) is 5.75 Å². The van der Waals surface area contributed by atoms with Crippen LogP contribution < -0.4 is 15.4 Å². The summed E-state index contributed by atoms with van der Waals surface area (Å²) in [5.41, 5.74) is 11.8. The smallest absolute Gasteiger partial charge is 0.222 e. The summed E-state index contributed by atoms with van der Waals surface area (Å²) in [6, 6.07) is 14.0. The number of nitrogen functional groups attached to an aromatic ring is 1. The van der Waals surface area contributed by atoms with Gasteiger partial charge in [-0.15, -0.1) is 0 Å². The molecule has 0 amide bonds. The molecule has 2 aromatic carbocycles. The lowest BCUT2D eigenvalue weighted by Gasteiger charge is -2.37. The molecular formula is C31H38ClN5O3. The first-order valence-electron chi connectivity index (χ1n) is 14.4. The highest BCUT2D eigenvalue weighted by Gasteiger charge is 2.27. The van der Waals surface area contributed by atoms with Crippen LogP contribution in [0.4, 0.5) is 11.8 Å². The molecule has 0 bridgehead atoms. The van der Waals surface area contributed by atoms with Gasteiger partial charge in [-0.05, 0) is 79.5 Å². The highest BCUT2D eigenvalue weighted by molar-refractivity contribution is 6.30. The van der Waals surface area contributed by atoms with Crippen LogP contribution in [-0.2, 0) is 24.2 Å². The third-order valence-electron chi connectivity index (χ3n) is 8.39. The van der Waals surface area contributed by atoms with Crippen molar-refractivity contribution in [2.75, 3.05) is 56.6 Å². The Labute approximate surface area is 241 Å². The van der Waals surface area contributed by atoms with Gasteiger partial charge in [0.05, 0.1) is 18.4 Å². The molecule has 8 nitrogen and oxygen atoms in total. The number of aliphatic hydroxyl groups is 1. The highest BCUT2D eigenvalue weighted by atomic mass is 35.5. The van der Waals surface area contributed by atoms with Gasteiger partial charge < -0.3 is 25.2 Å². The fraction of sp³-hybridized carbons (Fsp3) is 0.484. The average molecular weight is 564 g/mol. The maximum absolute atomic E-state index is 9.70. The molecule has 2 fully saturated rings. The Morgan fingerprint density at radius 3 is 2.60 bits per heavy atom. The first-order valence-corrected chi connectivity index (χ1v) is 14.8. The molecule has 2 unspecified atom stereocenters.